The van der Waals surface area contributed by atoms with Gasteiger partial charge in [-0.25, -0.2) is 0 Å². The van der Waals surface area contributed by atoms with Gasteiger partial charge in [0, 0.05) is 12.1 Å². The van der Waals surface area contributed by atoms with E-state index < -0.39 is 0 Å². The molecule has 15 heavy (non-hydrogen) atoms. The first-order valence-corrected chi connectivity index (χ1v) is 5.99. The molecule has 4 atom stereocenters. The summed E-state index contributed by atoms with van der Waals surface area (Å²) in [5.74, 6) is 1.48. The lowest BCUT2D eigenvalue weighted by Gasteiger charge is -2.21. The van der Waals surface area contributed by atoms with Gasteiger partial charge in [0.1, 0.15) is 0 Å². The number of hydrogen-bond acceptors (Lipinski definition) is 1. The molecule has 0 heterocycles. The van der Waals surface area contributed by atoms with Crippen LogP contribution in [0.25, 0.3) is 0 Å². The van der Waals surface area contributed by atoms with Crippen molar-refractivity contribution in [2.45, 2.75) is 45.2 Å². The summed E-state index contributed by atoms with van der Waals surface area (Å²) >= 11 is 0. The van der Waals surface area contributed by atoms with Crippen LogP contribution in [0.1, 0.15) is 38.7 Å². The standard InChI is InChI=1S/C14H21N/c1-10-9-14(10)15-12(3)11(2)13-7-5-4-6-8-13/h4-8,10-12,14-15H,9H2,1-3H3. The fourth-order valence-electron chi connectivity index (χ4n) is 2.08. The van der Waals surface area contributed by atoms with Gasteiger partial charge in [0.2, 0.25) is 0 Å². The maximum atomic E-state index is 3.70. The van der Waals surface area contributed by atoms with Crippen LogP contribution in [0.15, 0.2) is 30.3 Å². The summed E-state index contributed by atoms with van der Waals surface area (Å²) in [4.78, 5) is 0. The first-order valence-electron chi connectivity index (χ1n) is 5.99. The van der Waals surface area contributed by atoms with Gasteiger partial charge in [0.25, 0.3) is 0 Å². The van der Waals surface area contributed by atoms with Gasteiger partial charge < -0.3 is 5.32 Å². The minimum atomic E-state index is 0.572. The molecule has 2 rings (SSSR count). The van der Waals surface area contributed by atoms with Gasteiger partial charge in [-0.05, 0) is 30.7 Å². The van der Waals surface area contributed by atoms with E-state index in [1.54, 1.807) is 0 Å². The van der Waals surface area contributed by atoms with Crippen LogP contribution in [0.2, 0.25) is 0 Å². The van der Waals surface area contributed by atoms with Crippen LogP contribution in [-0.2, 0) is 0 Å². The zero-order chi connectivity index (χ0) is 10.8. The van der Waals surface area contributed by atoms with Crippen LogP contribution in [-0.4, -0.2) is 12.1 Å². The predicted molar refractivity (Wildman–Crippen MR) is 65.0 cm³/mol. The molecular weight excluding hydrogens is 182 g/mol. The van der Waals surface area contributed by atoms with E-state index in [-0.39, 0.29) is 0 Å². The summed E-state index contributed by atoms with van der Waals surface area (Å²) in [6.07, 6.45) is 1.35. The predicted octanol–water partition coefficient (Wildman–Crippen LogP) is 3.18. The Morgan fingerprint density at radius 3 is 2.33 bits per heavy atom. The fourth-order valence-corrected chi connectivity index (χ4v) is 2.08. The zero-order valence-electron chi connectivity index (χ0n) is 9.90. The molecule has 0 bridgehead atoms. The highest BCUT2D eigenvalue weighted by molar-refractivity contribution is 5.20. The molecule has 1 saturated carbocycles. The SMILES string of the molecule is CC1CC1NC(C)C(C)c1ccccc1. The Hall–Kier alpha value is -0.820. The molecule has 1 aliphatic carbocycles. The van der Waals surface area contributed by atoms with E-state index >= 15 is 0 Å². The molecule has 0 radical (unpaired) electrons. The third-order valence-corrected chi connectivity index (χ3v) is 3.66. The lowest BCUT2D eigenvalue weighted by atomic mass is 9.94. The Labute approximate surface area is 92.9 Å². The van der Waals surface area contributed by atoms with E-state index in [1.807, 2.05) is 0 Å². The number of benzene rings is 1. The van der Waals surface area contributed by atoms with Gasteiger partial charge in [-0.2, -0.15) is 0 Å². The van der Waals surface area contributed by atoms with Crippen molar-refractivity contribution >= 4 is 0 Å². The van der Waals surface area contributed by atoms with Gasteiger partial charge >= 0.3 is 0 Å². The molecule has 4 unspecified atom stereocenters. The molecule has 0 saturated heterocycles. The summed E-state index contributed by atoms with van der Waals surface area (Å²) in [6, 6.07) is 12.1. The van der Waals surface area contributed by atoms with Crippen LogP contribution in [0.3, 0.4) is 0 Å². The maximum absolute atomic E-state index is 3.70. The lowest BCUT2D eigenvalue weighted by Crippen LogP contribution is -2.33. The van der Waals surface area contributed by atoms with Crippen molar-refractivity contribution < 1.29 is 0 Å². The van der Waals surface area contributed by atoms with Crippen molar-refractivity contribution in [1.82, 2.24) is 5.32 Å². The lowest BCUT2D eigenvalue weighted by molar-refractivity contribution is 0.468. The summed E-state index contributed by atoms with van der Waals surface area (Å²) in [5.41, 5.74) is 1.44. The highest BCUT2D eigenvalue weighted by atomic mass is 15.0. The molecular formula is C14H21N. The Kier molecular flexibility index (Phi) is 3.11. The zero-order valence-corrected chi connectivity index (χ0v) is 9.90. The molecule has 1 N–H and O–H groups in total. The maximum Gasteiger partial charge on any atom is 0.0107 e. The van der Waals surface area contributed by atoms with Gasteiger partial charge in [-0.15, -0.1) is 0 Å². The second-order valence-corrected chi connectivity index (χ2v) is 4.97. The van der Waals surface area contributed by atoms with Crippen LogP contribution in [0.4, 0.5) is 0 Å². The van der Waals surface area contributed by atoms with Crippen LogP contribution in [0.5, 0.6) is 0 Å². The topological polar surface area (TPSA) is 12.0 Å². The highest BCUT2D eigenvalue weighted by Gasteiger charge is 2.34. The third kappa shape index (κ3) is 2.60. The number of hydrogen-bond donors (Lipinski definition) is 1. The molecule has 0 amide bonds. The monoisotopic (exact) mass is 203 g/mol. The number of nitrogens with one attached hydrogen (secondary N) is 1. The largest absolute Gasteiger partial charge is 0.311 e. The molecule has 0 aromatic heterocycles. The van der Waals surface area contributed by atoms with Crippen molar-refractivity contribution in [3.8, 4) is 0 Å². The van der Waals surface area contributed by atoms with Crippen molar-refractivity contribution in [2.75, 3.05) is 0 Å². The summed E-state index contributed by atoms with van der Waals surface area (Å²) < 4.78 is 0. The smallest absolute Gasteiger partial charge is 0.0107 e. The molecule has 0 aliphatic heterocycles. The van der Waals surface area contributed by atoms with Crippen molar-refractivity contribution in [1.29, 1.82) is 0 Å². The van der Waals surface area contributed by atoms with E-state index in [2.05, 4.69) is 56.4 Å². The van der Waals surface area contributed by atoms with Gasteiger partial charge in [0.05, 0.1) is 0 Å². The first-order chi connectivity index (χ1) is 7.18. The summed E-state index contributed by atoms with van der Waals surface area (Å²) in [5, 5.41) is 3.70. The normalized spacial score (nSPS) is 28.5. The molecule has 1 heteroatoms. The van der Waals surface area contributed by atoms with Crippen LogP contribution < -0.4 is 5.32 Å². The molecule has 1 fully saturated rings. The average Bonchev–Trinajstić information content (AvgIpc) is 2.94. The summed E-state index contributed by atoms with van der Waals surface area (Å²) in [7, 11) is 0. The Morgan fingerprint density at radius 1 is 1.20 bits per heavy atom. The van der Waals surface area contributed by atoms with Crippen molar-refractivity contribution in [3.05, 3.63) is 35.9 Å². The molecule has 1 nitrogen and oxygen atoms in total. The van der Waals surface area contributed by atoms with E-state index in [4.69, 9.17) is 0 Å². The van der Waals surface area contributed by atoms with Gasteiger partial charge in [-0.3, -0.25) is 0 Å². The second-order valence-electron chi connectivity index (χ2n) is 4.97. The van der Waals surface area contributed by atoms with Crippen LogP contribution >= 0.6 is 0 Å². The first kappa shape index (κ1) is 10.7. The molecule has 1 aliphatic rings. The summed E-state index contributed by atoms with van der Waals surface area (Å²) in [6.45, 7) is 6.92. The Morgan fingerprint density at radius 2 is 1.80 bits per heavy atom. The molecule has 82 valence electrons. The van der Waals surface area contributed by atoms with E-state index in [0.29, 0.717) is 12.0 Å². The minimum absolute atomic E-state index is 0.572. The van der Waals surface area contributed by atoms with Crippen LogP contribution in [0, 0.1) is 5.92 Å². The highest BCUT2D eigenvalue weighted by Crippen LogP contribution is 2.31. The van der Waals surface area contributed by atoms with Gasteiger partial charge in [-0.1, -0.05) is 44.2 Å². The number of rotatable bonds is 4. The Bertz CT molecular complexity index is 306. The van der Waals surface area contributed by atoms with E-state index in [9.17, 15) is 0 Å². The van der Waals surface area contributed by atoms with Crippen molar-refractivity contribution in [2.24, 2.45) is 5.92 Å². The molecule has 1 aromatic rings. The van der Waals surface area contributed by atoms with Crippen molar-refractivity contribution in [3.63, 3.8) is 0 Å². The minimum Gasteiger partial charge on any atom is -0.311 e. The average molecular weight is 203 g/mol. The molecule has 1 aromatic carbocycles. The fraction of sp³-hybridized carbons (Fsp3) is 0.571. The Balaban J connectivity index is 1.92. The van der Waals surface area contributed by atoms with E-state index in [1.165, 1.54) is 12.0 Å². The van der Waals surface area contributed by atoms with E-state index in [0.717, 1.165) is 12.0 Å². The third-order valence-electron chi connectivity index (χ3n) is 3.66. The molecule has 0 spiro atoms. The quantitative estimate of drug-likeness (QED) is 0.792. The van der Waals surface area contributed by atoms with Gasteiger partial charge in [0.15, 0.2) is 0 Å². The second kappa shape index (κ2) is 4.36.